The molecule has 0 aliphatic carbocycles. The van der Waals surface area contributed by atoms with Gasteiger partial charge in [0.25, 0.3) is 0 Å². The first-order valence-electron chi connectivity index (χ1n) is 1.78. The summed E-state index contributed by atoms with van der Waals surface area (Å²) in [5.74, 6) is 0. The minimum Gasteiger partial charge on any atom is -0.222 e. The highest BCUT2D eigenvalue weighted by Gasteiger charge is 1.29. The number of nitrogens with zero attached hydrogens (tertiary/aromatic N) is 1. The third kappa shape index (κ3) is 219. The van der Waals surface area contributed by atoms with Crippen molar-refractivity contribution >= 4 is 18.2 Å². The Morgan fingerprint density at radius 3 is 1.20 bits per heavy atom. The van der Waals surface area contributed by atoms with Crippen LogP contribution in [-0.2, 0) is 14.4 Å². The van der Waals surface area contributed by atoms with Crippen LogP contribution in [0.25, 0.3) is 0 Å². The molecular weight excluding hydrogens is 138 g/mol. The summed E-state index contributed by atoms with van der Waals surface area (Å²) in [4.78, 5) is 28.5. The van der Waals surface area contributed by atoms with E-state index >= 15 is 0 Å². The van der Waals surface area contributed by atoms with Crippen LogP contribution < -0.4 is 0 Å². The van der Waals surface area contributed by atoms with Gasteiger partial charge in [0, 0.05) is 7.05 Å². The Balaban J connectivity index is -0.0000000750. The molecule has 0 bridgehead atoms. The maximum Gasteiger partial charge on any atom is 0.234 e. The Kier molecular flexibility index (Phi) is 92.3. The molecule has 10 heavy (non-hydrogen) atoms. The topological polar surface area (TPSA) is 111 Å². The fraction of sp³-hybridized carbons (Fsp3) is 0.250. The van der Waals surface area contributed by atoms with Crippen LogP contribution in [-0.4, -0.2) is 25.3 Å². The molecule has 0 unspecified atom stereocenters. The van der Waals surface area contributed by atoms with Crippen molar-refractivity contribution in [3.05, 3.63) is 0 Å². The van der Waals surface area contributed by atoms with Crippen LogP contribution in [0.15, 0.2) is 4.99 Å². The van der Waals surface area contributed by atoms with Crippen molar-refractivity contribution in [2.24, 2.45) is 4.99 Å². The zero-order valence-electron chi connectivity index (χ0n) is 5.17. The van der Waals surface area contributed by atoms with E-state index in [4.69, 9.17) is 25.2 Å². The number of aliphatic imine (C=N–C) groups is 1. The van der Waals surface area contributed by atoms with Gasteiger partial charge in [0.2, 0.25) is 18.2 Å². The molecular formula is C4H5N3O3. The molecule has 6 nitrogen and oxygen atoms in total. The molecule has 54 valence electrons. The average Bonchev–Trinajstić information content (AvgIpc) is 1.91. The second kappa shape index (κ2) is 58.8. The predicted molar refractivity (Wildman–Crippen MR) is 30.9 cm³/mol. The van der Waals surface area contributed by atoms with Crippen LogP contribution in [0.4, 0.5) is 0 Å². The van der Waals surface area contributed by atoms with E-state index < -0.39 is 0 Å². The molecule has 0 aromatic rings. The molecule has 0 spiro atoms. The summed E-state index contributed by atoms with van der Waals surface area (Å²) < 4.78 is 0. The molecule has 2 N–H and O–H groups in total. The summed E-state index contributed by atoms with van der Waals surface area (Å²) in [5.41, 5.74) is 0. The Labute approximate surface area is 56.6 Å². The first-order valence-corrected chi connectivity index (χ1v) is 1.78. The summed E-state index contributed by atoms with van der Waals surface area (Å²) >= 11 is 0. The van der Waals surface area contributed by atoms with Crippen molar-refractivity contribution in [3.63, 3.8) is 0 Å². The summed E-state index contributed by atoms with van der Waals surface area (Å²) in [7, 11) is 1.38. The highest BCUT2D eigenvalue weighted by atomic mass is 16.1. The Morgan fingerprint density at radius 2 is 1.20 bits per heavy atom. The van der Waals surface area contributed by atoms with Crippen molar-refractivity contribution < 1.29 is 14.4 Å². The van der Waals surface area contributed by atoms with Gasteiger partial charge in [-0.15, -0.1) is 0 Å². The monoisotopic (exact) mass is 143 g/mol. The average molecular weight is 143 g/mol. The summed E-state index contributed by atoms with van der Waals surface area (Å²) in [5, 5.41) is 10.8. The number of rotatable bonds is 0. The van der Waals surface area contributed by atoms with Crippen molar-refractivity contribution in [1.82, 2.24) is 0 Å². The largest absolute Gasteiger partial charge is 0.234 e. The van der Waals surface area contributed by atoms with E-state index in [-0.39, 0.29) is 0 Å². The fourth-order valence-corrected chi connectivity index (χ4v) is 0. The van der Waals surface area contributed by atoms with Crippen LogP contribution in [0.3, 0.4) is 0 Å². The minimum atomic E-state index is 0.750. The number of carbonyl (C=O) groups excluding carboxylic acids is 3. The van der Waals surface area contributed by atoms with Crippen LogP contribution >= 0.6 is 0 Å². The van der Waals surface area contributed by atoms with Crippen molar-refractivity contribution in [2.45, 2.75) is 0 Å². The number of isocyanates is 3. The molecule has 0 aromatic heterocycles. The van der Waals surface area contributed by atoms with Gasteiger partial charge in [0.1, 0.15) is 0 Å². The van der Waals surface area contributed by atoms with Crippen LogP contribution in [0.2, 0.25) is 0 Å². The molecule has 6 heteroatoms. The number of nitrogens with one attached hydrogen (secondary N) is 2. The summed E-state index contributed by atoms with van der Waals surface area (Å²) in [6.45, 7) is 0. The lowest BCUT2D eigenvalue weighted by Crippen LogP contribution is -1.38. The lowest BCUT2D eigenvalue weighted by Gasteiger charge is -1.36. The second-order valence-corrected chi connectivity index (χ2v) is 0.519. The van der Waals surface area contributed by atoms with Gasteiger partial charge in [-0.25, -0.2) is 30.2 Å². The van der Waals surface area contributed by atoms with Gasteiger partial charge in [-0.1, -0.05) is 0 Å². The fourth-order valence-electron chi connectivity index (χ4n) is 0. The van der Waals surface area contributed by atoms with Crippen LogP contribution in [0, 0.1) is 10.8 Å². The smallest absolute Gasteiger partial charge is 0.222 e. The molecule has 0 heterocycles. The van der Waals surface area contributed by atoms with E-state index in [1.165, 1.54) is 13.1 Å². The van der Waals surface area contributed by atoms with Crippen LogP contribution in [0.5, 0.6) is 0 Å². The van der Waals surface area contributed by atoms with E-state index in [1.54, 1.807) is 0 Å². The van der Waals surface area contributed by atoms with E-state index in [0.29, 0.717) is 0 Å². The summed E-state index contributed by atoms with van der Waals surface area (Å²) in [6, 6.07) is 0. The Bertz CT molecular complexity index is 147. The van der Waals surface area contributed by atoms with E-state index in [1.807, 2.05) is 0 Å². The molecule has 0 rings (SSSR count). The highest BCUT2D eigenvalue weighted by Crippen LogP contribution is 1.28. The first kappa shape index (κ1) is 15.7. The first-order chi connectivity index (χ1) is 4.74. The SMILES string of the molecule is CN=C=O.N=C=O.N=C=O. The van der Waals surface area contributed by atoms with Crippen molar-refractivity contribution in [2.75, 3.05) is 7.05 Å². The standard InChI is InChI=1S/C2H3NO.2CHNO/c1-3-2-4;2*2-1-3/h1H3;2*2H. The van der Waals surface area contributed by atoms with E-state index in [2.05, 4.69) is 4.99 Å². The van der Waals surface area contributed by atoms with Crippen molar-refractivity contribution in [3.8, 4) is 0 Å². The van der Waals surface area contributed by atoms with E-state index in [0.717, 1.165) is 12.2 Å². The predicted octanol–water partition coefficient (Wildman–Crippen LogP) is -0.246. The number of hydrogen-bond donors (Lipinski definition) is 2. The Hall–Kier alpha value is -1.86. The third-order valence-corrected chi connectivity index (χ3v) is 0.0913. The van der Waals surface area contributed by atoms with Crippen molar-refractivity contribution in [1.29, 1.82) is 10.8 Å². The molecule has 0 fully saturated rings. The molecule has 0 radical (unpaired) electrons. The minimum absolute atomic E-state index is 0.750. The second-order valence-electron chi connectivity index (χ2n) is 0.519. The molecule has 0 saturated heterocycles. The molecule has 0 aliphatic rings. The zero-order chi connectivity index (χ0) is 8.83. The molecule has 0 saturated carbocycles. The van der Waals surface area contributed by atoms with Gasteiger partial charge in [-0.3, -0.25) is 0 Å². The normalized spacial score (nSPS) is 3.30. The number of hydrogen-bond acceptors (Lipinski definition) is 6. The molecule has 0 amide bonds. The maximum absolute atomic E-state index is 8.88. The third-order valence-electron chi connectivity index (χ3n) is 0.0913. The highest BCUT2D eigenvalue weighted by molar-refractivity contribution is 5.32. The molecule has 0 atom stereocenters. The van der Waals surface area contributed by atoms with Gasteiger partial charge in [-0.05, 0) is 0 Å². The van der Waals surface area contributed by atoms with Gasteiger partial charge < -0.3 is 0 Å². The quantitative estimate of drug-likeness (QED) is 0.360. The summed E-state index contributed by atoms with van der Waals surface area (Å²) in [6.07, 6.45) is 2.81. The molecule has 0 aromatic carbocycles. The Morgan fingerprint density at radius 1 is 1.10 bits per heavy atom. The van der Waals surface area contributed by atoms with Crippen LogP contribution in [0.1, 0.15) is 0 Å². The molecule has 0 aliphatic heterocycles. The van der Waals surface area contributed by atoms with Gasteiger partial charge in [0.15, 0.2) is 0 Å². The van der Waals surface area contributed by atoms with Gasteiger partial charge >= 0.3 is 0 Å². The van der Waals surface area contributed by atoms with Gasteiger partial charge in [-0.2, -0.15) is 0 Å². The zero-order valence-corrected chi connectivity index (χ0v) is 5.17. The lowest BCUT2D eigenvalue weighted by molar-refractivity contribution is 0.562. The van der Waals surface area contributed by atoms with E-state index in [9.17, 15) is 0 Å². The maximum atomic E-state index is 8.88. The lowest BCUT2D eigenvalue weighted by atomic mass is 11.4. The van der Waals surface area contributed by atoms with Gasteiger partial charge in [0.05, 0.1) is 0 Å².